The largest absolute Gasteiger partial charge is 0.361 e. The molecule has 2 rings (SSSR count). The van der Waals surface area contributed by atoms with Crippen LogP contribution in [0.25, 0.3) is 10.2 Å². The van der Waals surface area contributed by atoms with Crippen molar-refractivity contribution in [2.45, 2.75) is 52.9 Å². The molecule has 0 amide bonds. The van der Waals surface area contributed by atoms with E-state index in [1.165, 1.54) is 42.4 Å². The molecule has 20 heavy (non-hydrogen) atoms. The topological polar surface area (TPSA) is 24.9 Å². The number of hydrogen-bond donors (Lipinski definition) is 1. The highest BCUT2D eigenvalue weighted by Crippen LogP contribution is 2.27. The first-order valence-corrected chi connectivity index (χ1v) is 8.58. The fourth-order valence-electron chi connectivity index (χ4n) is 2.39. The SMILES string of the molecule is Cc1cccc2sc(NCCCCCCC(C)C)nc12. The van der Waals surface area contributed by atoms with Crippen LogP contribution < -0.4 is 5.32 Å². The number of para-hydroxylation sites is 1. The van der Waals surface area contributed by atoms with E-state index in [0.29, 0.717) is 0 Å². The van der Waals surface area contributed by atoms with Gasteiger partial charge in [0.1, 0.15) is 0 Å². The molecule has 3 heteroatoms. The van der Waals surface area contributed by atoms with Crippen LogP contribution in [0, 0.1) is 12.8 Å². The van der Waals surface area contributed by atoms with E-state index in [0.717, 1.165) is 23.1 Å². The molecule has 1 N–H and O–H groups in total. The van der Waals surface area contributed by atoms with Gasteiger partial charge in [-0.25, -0.2) is 4.98 Å². The zero-order valence-corrected chi connectivity index (χ0v) is 13.7. The predicted molar refractivity (Wildman–Crippen MR) is 90.8 cm³/mol. The minimum Gasteiger partial charge on any atom is -0.361 e. The monoisotopic (exact) mass is 290 g/mol. The maximum Gasteiger partial charge on any atom is 0.183 e. The summed E-state index contributed by atoms with van der Waals surface area (Å²) in [6, 6.07) is 6.38. The van der Waals surface area contributed by atoms with Crippen molar-refractivity contribution in [3.8, 4) is 0 Å². The number of hydrogen-bond acceptors (Lipinski definition) is 3. The number of nitrogens with one attached hydrogen (secondary N) is 1. The summed E-state index contributed by atoms with van der Waals surface area (Å²) in [7, 11) is 0. The number of nitrogens with zero attached hydrogens (tertiary/aromatic N) is 1. The van der Waals surface area contributed by atoms with Crippen LogP contribution in [0.2, 0.25) is 0 Å². The summed E-state index contributed by atoms with van der Waals surface area (Å²) in [4.78, 5) is 4.68. The molecule has 0 aliphatic heterocycles. The standard InChI is InChI=1S/C17H26N2S/c1-13(2)9-6-4-5-7-12-18-17-19-16-14(3)10-8-11-15(16)20-17/h8,10-11,13H,4-7,9,12H2,1-3H3,(H,18,19). The quantitative estimate of drug-likeness (QED) is 0.638. The summed E-state index contributed by atoms with van der Waals surface area (Å²) >= 11 is 1.76. The summed E-state index contributed by atoms with van der Waals surface area (Å²) in [6.07, 6.45) is 6.66. The van der Waals surface area contributed by atoms with E-state index in [2.05, 4.69) is 49.3 Å². The third-order valence-electron chi connectivity index (χ3n) is 3.61. The van der Waals surface area contributed by atoms with Gasteiger partial charge >= 0.3 is 0 Å². The van der Waals surface area contributed by atoms with E-state index in [4.69, 9.17) is 0 Å². The maximum atomic E-state index is 4.68. The van der Waals surface area contributed by atoms with Gasteiger partial charge in [-0.3, -0.25) is 0 Å². The molecule has 0 radical (unpaired) electrons. The van der Waals surface area contributed by atoms with Crippen molar-refractivity contribution in [3.05, 3.63) is 23.8 Å². The minimum absolute atomic E-state index is 0.846. The van der Waals surface area contributed by atoms with Crippen LogP contribution in [-0.4, -0.2) is 11.5 Å². The predicted octanol–water partition coefficient (Wildman–Crippen LogP) is 5.62. The van der Waals surface area contributed by atoms with Crippen LogP contribution >= 0.6 is 11.3 Å². The molecule has 0 fully saturated rings. The van der Waals surface area contributed by atoms with E-state index in [9.17, 15) is 0 Å². The van der Waals surface area contributed by atoms with Crippen molar-refractivity contribution >= 4 is 26.7 Å². The van der Waals surface area contributed by atoms with Crippen molar-refractivity contribution < 1.29 is 0 Å². The van der Waals surface area contributed by atoms with Crippen LogP contribution in [0.5, 0.6) is 0 Å². The number of fused-ring (bicyclic) bond motifs is 1. The number of anilines is 1. The molecule has 0 bridgehead atoms. The second kappa shape index (κ2) is 7.63. The number of benzene rings is 1. The number of rotatable bonds is 8. The first-order chi connectivity index (χ1) is 9.66. The lowest BCUT2D eigenvalue weighted by Gasteiger charge is -2.04. The average Bonchev–Trinajstić information content (AvgIpc) is 2.82. The average molecular weight is 290 g/mol. The van der Waals surface area contributed by atoms with E-state index in [1.807, 2.05) is 0 Å². The summed E-state index contributed by atoms with van der Waals surface area (Å²) in [5.74, 6) is 0.846. The Morgan fingerprint density at radius 1 is 1.15 bits per heavy atom. The Kier molecular flexibility index (Phi) is 5.84. The molecule has 0 saturated carbocycles. The number of unbranched alkanes of at least 4 members (excludes halogenated alkanes) is 3. The normalized spacial score (nSPS) is 11.4. The van der Waals surface area contributed by atoms with Gasteiger partial charge in [-0.1, -0.05) is 63.0 Å². The smallest absolute Gasteiger partial charge is 0.183 e. The molecular weight excluding hydrogens is 264 g/mol. The van der Waals surface area contributed by atoms with Gasteiger partial charge in [0.25, 0.3) is 0 Å². The second-order valence-corrected chi connectivity index (χ2v) is 6.99. The van der Waals surface area contributed by atoms with E-state index >= 15 is 0 Å². The van der Waals surface area contributed by atoms with Gasteiger partial charge in [-0.15, -0.1) is 0 Å². The molecule has 0 atom stereocenters. The fourth-order valence-corrected chi connectivity index (χ4v) is 3.36. The molecule has 1 aromatic carbocycles. The molecule has 0 spiro atoms. The zero-order chi connectivity index (χ0) is 14.4. The van der Waals surface area contributed by atoms with E-state index in [-0.39, 0.29) is 0 Å². The first kappa shape index (κ1) is 15.3. The zero-order valence-electron chi connectivity index (χ0n) is 12.9. The third-order valence-corrected chi connectivity index (χ3v) is 4.58. The lowest BCUT2D eigenvalue weighted by Crippen LogP contribution is -2.00. The van der Waals surface area contributed by atoms with Crippen molar-refractivity contribution in [2.24, 2.45) is 5.92 Å². The van der Waals surface area contributed by atoms with Crippen LogP contribution in [0.3, 0.4) is 0 Å². The maximum absolute atomic E-state index is 4.68. The van der Waals surface area contributed by atoms with Crippen molar-refractivity contribution in [3.63, 3.8) is 0 Å². The Bertz CT molecular complexity index is 531. The van der Waals surface area contributed by atoms with Gasteiger partial charge in [0.15, 0.2) is 5.13 Å². The first-order valence-electron chi connectivity index (χ1n) is 7.77. The number of aryl methyl sites for hydroxylation is 1. The minimum atomic E-state index is 0.846. The van der Waals surface area contributed by atoms with Crippen LogP contribution in [0.15, 0.2) is 18.2 Å². The van der Waals surface area contributed by atoms with E-state index < -0.39 is 0 Å². The highest BCUT2D eigenvalue weighted by atomic mass is 32.1. The lowest BCUT2D eigenvalue weighted by atomic mass is 10.0. The van der Waals surface area contributed by atoms with Gasteiger partial charge in [-0.05, 0) is 30.9 Å². The highest BCUT2D eigenvalue weighted by Gasteiger charge is 2.04. The Hall–Kier alpha value is -1.09. The van der Waals surface area contributed by atoms with E-state index in [1.54, 1.807) is 11.3 Å². The lowest BCUT2D eigenvalue weighted by molar-refractivity contribution is 0.523. The second-order valence-electron chi connectivity index (χ2n) is 5.96. The van der Waals surface area contributed by atoms with Gasteiger partial charge in [0.2, 0.25) is 0 Å². The van der Waals surface area contributed by atoms with Crippen LogP contribution in [0.1, 0.15) is 51.5 Å². The van der Waals surface area contributed by atoms with Gasteiger partial charge in [-0.2, -0.15) is 0 Å². The van der Waals surface area contributed by atoms with Crippen molar-refractivity contribution in [1.29, 1.82) is 0 Å². The molecule has 0 saturated heterocycles. The molecule has 0 aliphatic rings. The molecular formula is C17H26N2S. The molecule has 1 aromatic heterocycles. The summed E-state index contributed by atoms with van der Waals surface area (Å²) in [6.45, 7) is 7.77. The summed E-state index contributed by atoms with van der Waals surface area (Å²) < 4.78 is 1.28. The number of thiazole rings is 1. The van der Waals surface area contributed by atoms with Gasteiger partial charge in [0.05, 0.1) is 10.2 Å². The molecule has 110 valence electrons. The number of aromatic nitrogens is 1. The van der Waals surface area contributed by atoms with Crippen LogP contribution in [0.4, 0.5) is 5.13 Å². The molecule has 0 unspecified atom stereocenters. The fraction of sp³-hybridized carbons (Fsp3) is 0.588. The van der Waals surface area contributed by atoms with Gasteiger partial charge in [0, 0.05) is 6.54 Å². The summed E-state index contributed by atoms with van der Waals surface area (Å²) in [5, 5.41) is 4.53. The third kappa shape index (κ3) is 4.48. The van der Waals surface area contributed by atoms with Crippen molar-refractivity contribution in [2.75, 3.05) is 11.9 Å². The molecule has 2 aromatic rings. The molecule has 0 aliphatic carbocycles. The van der Waals surface area contributed by atoms with Crippen molar-refractivity contribution in [1.82, 2.24) is 4.98 Å². The molecule has 1 heterocycles. The Balaban J connectivity index is 1.69. The van der Waals surface area contributed by atoms with Gasteiger partial charge < -0.3 is 5.32 Å². The molecule has 2 nitrogen and oxygen atoms in total. The highest BCUT2D eigenvalue weighted by molar-refractivity contribution is 7.22. The Labute approximate surface area is 126 Å². The summed E-state index contributed by atoms with van der Waals surface area (Å²) in [5.41, 5.74) is 2.41. The Morgan fingerprint density at radius 3 is 2.70 bits per heavy atom. The van der Waals surface area contributed by atoms with Crippen LogP contribution in [-0.2, 0) is 0 Å². The Morgan fingerprint density at radius 2 is 1.95 bits per heavy atom.